The Morgan fingerprint density at radius 2 is 2.05 bits per heavy atom. The van der Waals surface area contributed by atoms with Crippen LogP contribution < -0.4 is 21.1 Å². The summed E-state index contributed by atoms with van der Waals surface area (Å²) >= 11 is 0. The van der Waals surface area contributed by atoms with Gasteiger partial charge in [0.05, 0.1) is 24.4 Å². The number of urea groups is 1. The third-order valence-corrected chi connectivity index (χ3v) is 2.84. The highest BCUT2D eigenvalue weighted by atomic mass is 16.5. The lowest BCUT2D eigenvalue weighted by atomic mass is 10.1. The molecule has 2 rings (SSSR count). The average molecular weight is 291 g/mol. The Kier molecular flexibility index (Phi) is 4.65. The van der Waals surface area contributed by atoms with Crippen molar-refractivity contribution in [1.29, 1.82) is 0 Å². The molecule has 1 aliphatic heterocycles. The predicted molar refractivity (Wildman–Crippen MR) is 76.5 cm³/mol. The molecule has 112 valence electrons. The monoisotopic (exact) mass is 291 g/mol. The van der Waals surface area contributed by atoms with Gasteiger partial charge in [-0.15, -0.1) is 0 Å². The summed E-state index contributed by atoms with van der Waals surface area (Å²) in [7, 11) is 0. The minimum absolute atomic E-state index is 0.0610. The van der Waals surface area contributed by atoms with E-state index in [0.717, 1.165) is 0 Å². The summed E-state index contributed by atoms with van der Waals surface area (Å²) in [6.07, 6.45) is 0. The second-order valence-corrected chi connectivity index (χ2v) is 4.34. The fraction of sp³-hybridized carbons (Fsp3) is 0.286. The van der Waals surface area contributed by atoms with Gasteiger partial charge in [0.25, 0.3) is 0 Å². The van der Waals surface area contributed by atoms with Crippen LogP contribution in [0.3, 0.4) is 0 Å². The third kappa shape index (κ3) is 3.88. The Morgan fingerprint density at radius 1 is 1.33 bits per heavy atom. The molecule has 7 heteroatoms. The maximum absolute atomic E-state index is 11.8. The molecule has 0 unspecified atom stereocenters. The van der Waals surface area contributed by atoms with Crippen LogP contribution in [-0.2, 0) is 9.53 Å². The molecule has 0 atom stereocenters. The summed E-state index contributed by atoms with van der Waals surface area (Å²) in [5, 5.41) is 5.09. The van der Waals surface area contributed by atoms with Gasteiger partial charge in [0, 0.05) is 5.69 Å². The van der Waals surface area contributed by atoms with Gasteiger partial charge in [0.15, 0.2) is 0 Å². The fourth-order valence-electron chi connectivity index (χ4n) is 1.79. The Bertz CT molecular complexity index is 566. The van der Waals surface area contributed by atoms with Crippen molar-refractivity contribution in [2.75, 3.05) is 25.5 Å². The molecule has 2 amide bonds. The molecule has 1 aromatic carbocycles. The Labute approximate surface area is 122 Å². The number of nitrogens with two attached hydrogens (primary N) is 1. The largest absolute Gasteiger partial charge is 0.487 e. The summed E-state index contributed by atoms with van der Waals surface area (Å²) in [5.41, 5.74) is 6.97. The number of carbonyl (C=O) groups is 2. The maximum Gasteiger partial charge on any atom is 0.337 e. The first-order valence-electron chi connectivity index (χ1n) is 6.52. The summed E-state index contributed by atoms with van der Waals surface area (Å²) in [6.45, 7) is 2.16. The Hall–Kier alpha value is -2.70. The van der Waals surface area contributed by atoms with Crippen molar-refractivity contribution in [1.82, 2.24) is 10.6 Å². The van der Waals surface area contributed by atoms with Crippen LogP contribution in [0.4, 0.5) is 10.5 Å². The standard InChI is InChI=1S/C14H17N3O4/c1-2-20-13(18)11-7-16-14(19)17-12(11)8-21-10-5-3-9(15)4-6-10/h3-6H,2,7-8,15H2,1H3,(H2,16,17,19). The number of rotatable bonds is 5. The number of benzene rings is 1. The second-order valence-electron chi connectivity index (χ2n) is 4.34. The fourth-order valence-corrected chi connectivity index (χ4v) is 1.79. The molecule has 0 radical (unpaired) electrons. The molecule has 4 N–H and O–H groups in total. The van der Waals surface area contributed by atoms with Gasteiger partial charge in [-0.05, 0) is 31.2 Å². The lowest BCUT2D eigenvalue weighted by Gasteiger charge is -2.21. The summed E-state index contributed by atoms with van der Waals surface area (Å²) in [4.78, 5) is 23.2. The van der Waals surface area contributed by atoms with E-state index in [-0.39, 0.29) is 25.8 Å². The topological polar surface area (TPSA) is 103 Å². The number of amides is 2. The lowest BCUT2D eigenvalue weighted by molar-refractivity contribution is -0.138. The van der Waals surface area contributed by atoms with E-state index in [1.54, 1.807) is 31.2 Å². The Balaban J connectivity index is 2.10. The highest BCUT2D eigenvalue weighted by Gasteiger charge is 2.23. The summed E-state index contributed by atoms with van der Waals surface area (Å²) in [5.74, 6) is 0.119. The van der Waals surface area contributed by atoms with Crippen LogP contribution in [0, 0.1) is 0 Å². The molecule has 0 saturated heterocycles. The number of carbonyl (C=O) groups excluding carboxylic acids is 2. The molecule has 0 bridgehead atoms. The van der Waals surface area contributed by atoms with Crippen LogP contribution in [0.1, 0.15) is 6.92 Å². The molecule has 0 fully saturated rings. The molecule has 1 heterocycles. The van der Waals surface area contributed by atoms with Gasteiger partial charge in [-0.2, -0.15) is 0 Å². The van der Waals surface area contributed by atoms with Crippen molar-refractivity contribution in [3.63, 3.8) is 0 Å². The van der Waals surface area contributed by atoms with Gasteiger partial charge >= 0.3 is 12.0 Å². The third-order valence-electron chi connectivity index (χ3n) is 2.84. The van der Waals surface area contributed by atoms with E-state index < -0.39 is 5.97 Å². The van der Waals surface area contributed by atoms with Crippen LogP contribution >= 0.6 is 0 Å². The van der Waals surface area contributed by atoms with Gasteiger partial charge in [-0.1, -0.05) is 0 Å². The van der Waals surface area contributed by atoms with Gasteiger partial charge in [0.1, 0.15) is 12.4 Å². The highest BCUT2D eigenvalue weighted by molar-refractivity contribution is 5.93. The molecular weight excluding hydrogens is 274 g/mol. The molecule has 0 aromatic heterocycles. The molecule has 0 spiro atoms. The van der Waals surface area contributed by atoms with Crippen LogP contribution in [0.5, 0.6) is 5.75 Å². The van der Waals surface area contributed by atoms with Crippen LogP contribution in [0.15, 0.2) is 35.5 Å². The van der Waals surface area contributed by atoms with E-state index in [1.165, 1.54) is 0 Å². The van der Waals surface area contributed by atoms with E-state index in [2.05, 4.69) is 10.6 Å². The number of ether oxygens (including phenoxy) is 2. The van der Waals surface area contributed by atoms with Crippen LogP contribution in [-0.4, -0.2) is 31.8 Å². The Morgan fingerprint density at radius 3 is 2.71 bits per heavy atom. The highest BCUT2D eigenvalue weighted by Crippen LogP contribution is 2.15. The molecule has 1 aromatic rings. The smallest absolute Gasteiger partial charge is 0.337 e. The number of hydrogen-bond acceptors (Lipinski definition) is 5. The normalized spacial score (nSPS) is 14.2. The van der Waals surface area contributed by atoms with Crippen LogP contribution in [0.2, 0.25) is 0 Å². The molecule has 21 heavy (non-hydrogen) atoms. The van der Waals surface area contributed by atoms with Crippen molar-refractivity contribution in [2.45, 2.75) is 6.92 Å². The van der Waals surface area contributed by atoms with E-state index in [0.29, 0.717) is 22.7 Å². The number of anilines is 1. The van der Waals surface area contributed by atoms with Crippen LogP contribution in [0.25, 0.3) is 0 Å². The first-order chi connectivity index (χ1) is 10.1. The lowest BCUT2D eigenvalue weighted by Crippen LogP contribution is -2.45. The van der Waals surface area contributed by atoms with Crippen molar-refractivity contribution in [3.8, 4) is 5.75 Å². The minimum atomic E-state index is -0.471. The second kappa shape index (κ2) is 6.65. The summed E-state index contributed by atoms with van der Waals surface area (Å²) < 4.78 is 10.5. The molecule has 1 aliphatic rings. The van der Waals surface area contributed by atoms with E-state index in [9.17, 15) is 9.59 Å². The number of hydrogen-bond donors (Lipinski definition) is 3. The first kappa shape index (κ1) is 14.7. The van der Waals surface area contributed by atoms with Crippen molar-refractivity contribution in [2.24, 2.45) is 0 Å². The quantitative estimate of drug-likeness (QED) is 0.549. The summed E-state index contributed by atoms with van der Waals surface area (Å²) in [6, 6.07) is 6.46. The van der Waals surface area contributed by atoms with E-state index >= 15 is 0 Å². The first-order valence-corrected chi connectivity index (χ1v) is 6.52. The van der Waals surface area contributed by atoms with E-state index in [4.69, 9.17) is 15.2 Å². The van der Waals surface area contributed by atoms with Gasteiger partial charge in [-0.25, -0.2) is 9.59 Å². The zero-order valence-electron chi connectivity index (χ0n) is 11.6. The SMILES string of the molecule is CCOC(=O)C1=C(COc2ccc(N)cc2)NC(=O)NC1. The van der Waals surface area contributed by atoms with Crippen molar-refractivity contribution < 1.29 is 19.1 Å². The molecule has 7 nitrogen and oxygen atoms in total. The molecule has 0 aliphatic carbocycles. The van der Waals surface area contributed by atoms with Gasteiger partial charge in [-0.3, -0.25) is 0 Å². The zero-order valence-corrected chi connectivity index (χ0v) is 11.6. The minimum Gasteiger partial charge on any atom is -0.487 e. The van der Waals surface area contributed by atoms with E-state index in [1.807, 2.05) is 0 Å². The van der Waals surface area contributed by atoms with Crippen molar-refractivity contribution >= 4 is 17.7 Å². The molecule has 0 saturated carbocycles. The average Bonchev–Trinajstić information content (AvgIpc) is 2.47. The molecular formula is C14H17N3O4. The number of esters is 1. The van der Waals surface area contributed by atoms with Gasteiger partial charge in [0.2, 0.25) is 0 Å². The maximum atomic E-state index is 11.8. The zero-order chi connectivity index (χ0) is 15.2. The van der Waals surface area contributed by atoms with Gasteiger partial charge < -0.3 is 25.8 Å². The van der Waals surface area contributed by atoms with Crippen molar-refractivity contribution in [3.05, 3.63) is 35.5 Å². The number of nitrogens with one attached hydrogen (secondary N) is 2. The predicted octanol–water partition coefficient (Wildman–Crippen LogP) is 0.778. The number of nitrogen functional groups attached to an aromatic ring is 1.